The summed E-state index contributed by atoms with van der Waals surface area (Å²) < 4.78 is 37.4. The molecule has 10 nitrogen and oxygen atoms in total. The van der Waals surface area contributed by atoms with Crippen molar-refractivity contribution >= 4 is 29.1 Å². The summed E-state index contributed by atoms with van der Waals surface area (Å²) >= 11 is 0. The number of likely N-dealkylation sites (tertiary alicyclic amines) is 1. The molecule has 3 aliphatic rings. The van der Waals surface area contributed by atoms with Gasteiger partial charge in [0.2, 0.25) is 11.7 Å². The van der Waals surface area contributed by atoms with E-state index >= 15 is 0 Å². The third-order valence-corrected chi connectivity index (χ3v) is 8.85. The van der Waals surface area contributed by atoms with E-state index in [4.69, 9.17) is 9.47 Å². The molecule has 0 atom stereocenters. The Hall–Kier alpha value is -4.32. The number of benzene rings is 2. The summed E-state index contributed by atoms with van der Waals surface area (Å²) in [5.41, 5.74) is 3.25. The van der Waals surface area contributed by atoms with Gasteiger partial charge >= 0.3 is 0 Å². The number of anilines is 3. The summed E-state index contributed by atoms with van der Waals surface area (Å²) in [5.74, 6) is 1.49. The number of methoxy groups -OCH3 is 2. The van der Waals surface area contributed by atoms with Crippen molar-refractivity contribution < 1.29 is 27.8 Å². The Morgan fingerprint density at radius 3 is 2.41 bits per heavy atom. The van der Waals surface area contributed by atoms with Gasteiger partial charge < -0.3 is 25.0 Å². The van der Waals surface area contributed by atoms with Crippen molar-refractivity contribution in [1.82, 2.24) is 19.8 Å². The Labute approximate surface area is 254 Å². The van der Waals surface area contributed by atoms with E-state index in [-0.39, 0.29) is 30.1 Å². The lowest BCUT2D eigenvalue weighted by atomic mass is 9.79. The van der Waals surface area contributed by atoms with E-state index < -0.39 is 12.0 Å². The van der Waals surface area contributed by atoms with Crippen LogP contribution in [0.5, 0.6) is 11.5 Å². The quantitative estimate of drug-likeness (QED) is 0.328. The minimum absolute atomic E-state index is 0.00728. The Morgan fingerprint density at radius 2 is 1.77 bits per heavy atom. The van der Waals surface area contributed by atoms with E-state index in [1.165, 1.54) is 13.4 Å². The zero-order valence-electron chi connectivity index (χ0n) is 25.0. The molecular weight excluding hydrogens is 570 g/mol. The summed E-state index contributed by atoms with van der Waals surface area (Å²) in [7, 11) is 3.09. The molecule has 6 rings (SSSR count). The predicted molar refractivity (Wildman–Crippen MR) is 161 cm³/mol. The van der Waals surface area contributed by atoms with E-state index in [0.717, 1.165) is 35.3 Å². The van der Waals surface area contributed by atoms with Crippen molar-refractivity contribution in [3.63, 3.8) is 0 Å². The number of nitrogens with one attached hydrogen (secondary N) is 2. The molecule has 2 amide bonds. The number of halogens is 2. The monoisotopic (exact) mass is 606 g/mol. The zero-order valence-corrected chi connectivity index (χ0v) is 25.0. The molecule has 2 fully saturated rings. The number of nitrogens with zero attached hydrogens (tertiary/aromatic N) is 4. The van der Waals surface area contributed by atoms with Crippen molar-refractivity contribution in [1.29, 1.82) is 0 Å². The second-order valence-electron chi connectivity index (χ2n) is 11.7. The lowest BCUT2D eigenvalue weighted by Crippen LogP contribution is -2.51. The second kappa shape index (κ2) is 12.0. The molecule has 0 unspecified atom stereocenters. The number of carbonyl (C=O) groups is 2. The number of piperidine rings is 1. The van der Waals surface area contributed by atoms with Crippen LogP contribution < -0.4 is 20.1 Å². The summed E-state index contributed by atoms with van der Waals surface area (Å²) in [6.45, 7) is 2.87. The lowest BCUT2D eigenvalue weighted by Gasteiger charge is -2.45. The number of alkyl halides is 2. The average Bonchev–Trinajstić information content (AvgIpc) is 3.83. The molecule has 2 N–H and O–H groups in total. The van der Waals surface area contributed by atoms with Crippen LogP contribution >= 0.6 is 0 Å². The van der Waals surface area contributed by atoms with E-state index in [1.54, 1.807) is 12.0 Å². The molecule has 12 heteroatoms. The molecule has 44 heavy (non-hydrogen) atoms. The fraction of sp³-hybridized carbons (Fsp3) is 0.438. The molecule has 3 heterocycles. The third kappa shape index (κ3) is 5.66. The van der Waals surface area contributed by atoms with Gasteiger partial charge in [0.25, 0.3) is 12.3 Å². The highest BCUT2D eigenvalue weighted by Crippen LogP contribution is 2.49. The standard InChI is InChI=1S/C32H36F2N6O4/c1-19-14-22(37-28-27(44-3)29(36-18-35-28)38-30(41)21-6-7-21)15-24-26(19)31(42)40(16-20-4-8-23(43-2)9-5-20)32(24)10-12-39(13-11-32)17-25(33)34/h4-5,8-9,14-15,18,21,25H,6-7,10-13,16-17H2,1-3H3,(H2,35,36,37,38,41). The van der Waals surface area contributed by atoms with Gasteiger partial charge in [0.1, 0.15) is 12.1 Å². The molecule has 1 aromatic heterocycles. The smallest absolute Gasteiger partial charge is 0.255 e. The SMILES string of the molecule is COc1ccc(CN2C(=O)c3c(C)cc(Nc4ncnc(NC(=O)C5CC5)c4OC)cc3C23CCN(CC(F)F)CC3)cc1. The minimum Gasteiger partial charge on any atom is -0.497 e. The highest BCUT2D eigenvalue weighted by molar-refractivity contribution is 6.02. The van der Waals surface area contributed by atoms with Crippen LogP contribution in [-0.4, -0.2) is 71.9 Å². The first kappa shape index (κ1) is 29.7. The van der Waals surface area contributed by atoms with E-state index in [0.29, 0.717) is 55.3 Å². The van der Waals surface area contributed by atoms with Crippen molar-refractivity contribution in [2.45, 2.75) is 51.1 Å². The largest absolute Gasteiger partial charge is 0.497 e. The second-order valence-corrected chi connectivity index (χ2v) is 11.7. The molecule has 1 saturated heterocycles. The van der Waals surface area contributed by atoms with Crippen LogP contribution in [0, 0.1) is 12.8 Å². The van der Waals surface area contributed by atoms with Gasteiger partial charge in [-0.3, -0.25) is 14.5 Å². The average molecular weight is 607 g/mol. The summed E-state index contributed by atoms with van der Waals surface area (Å²) in [6.07, 6.45) is 1.69. The minimum atomic E-state index is -2.42. The van der Waals surface area contributed by atoms with Gasteiger partial charge in [-0.1, -0.05) is 12.1 Å². The van der Waals surface area contributed by atoms with Crippen LogP contribution in [0.25, 0.3) is 0 Å². The van der Waals surface area contributed by atoms with Gasteiger partial charge in [-0.05, 0) is 73.6 Å². The molecule has 0 bridgehead atoms. The summed E-state index contributed by atoms with van der Waals surface area (Å²) in [4.78, 5) is 38.8. The maximum absolute atomic E-state index is 14.1. The fourth-order valence-corrected chi connectivity index (χ4v) is 6.41. The zero-order chi connectivity index (χ0) is 31.0. The fourth-order valence-electron chi connectivity index (χ4n) is 6.41. The molecule has 1 aliphatic carbocycles. The van der Waals surface area contributed by atoms with Crippen molar-refractivity contribution in [2.75, 3.05) is 44.5 Å². The summed E-state index contributed by atoms with van der Waals surface area (Å²) in [6, 6.07) is 11.5. The summed E-state index contributed by atoms with van der Waals surface area (Å²) in [5, 5.41) is 6.16. The molecule has 2 aliphatic heterocycles. The lowest BCUT2D eigenvalue weighted by molar-refractivity contribution is -0.117. The Morgan fingerprint density at radius 1 is 1.07 bits per heavy atom. The van der Waals surface area contributed by atoms with Gasteiger partial charge in [-0.15, -0.1) is 0 Å². The third-order valence-electron chi connectivity index (χ3n) is 8.85. The normalized spacial score (nSPS) is 17.6. The van der Waals surface area contributed by atoms with Crippen LogP contribution in [0.2, 0.25) is 0 Å². The molecule has 232 valence electrons. The molecule has 0 radical (unpaired) electrons. The highest BCUT2D eigenvalue weighted by atomic mass is 19.3. The number of aromatic nitrogens is 2. The van der Waals surface area contributed by atoms with Crippen LogP contribution in [0.3, 0.4) is 0 Å². The van der Waals surface area contributed by atoms with Gasteiger partial charge in [0, 0.05) is 36.8 Å². The van der Waals surface area contributed by atoms with Crippen LogP contribution in [-0.2, 0) is 16.9 Å². The van der Waals surface area contributed by atoms with Crippen molar-refractivity contribution in [2.24, 2.45) is 5.92 Å². The van der Waals surface area contributed by atoms with Gasteiger partial charge in [0.15, 0.2) is 11.6 Å². The Balaban J connectivity index is 1.35. The van der Waals surface area contributed by atoms with E-state index in [9.17, 15) is 18.4 Å². The van der Waals surface area contributed by atoms with Gasteiger partial charge in [0.05, 0.1) is 26.3 Å². The van der Waals surface area contributed by atoms with Crippen LogP contribution in [0.4, 0.5) is 26.1 Å². The number of rotatable bonds is 10. The van der Waals surface area contributed by atoms with Crippen molar-refractivity contribution in [3.8, 4) is 11.5 Å². The first-order valence-corrected chi connectivity index (χ1v) is 14.8. The molecule has 1 spiro atoms. The highest BCUT2D eigenvalue weighted by Gasteiger charge is 2.51. The number of hydrogen-bond donors (Lipinski definition) is 2. The number of hydrogen-bond acceptors (Lipinski definition) is 8. The molecule has 2 aromatic carbocycles. The number of aryl methyl sites for hydroxylation is 1. The first-order valence-electron chi connectivity index (χ1n) is 14.8. The maximum atomic E-state index is 14.1. The first-order chi connectivity index (χ1) is 21.2. The predicted octanol–water partition coefficient (Wildman–Crippen LogP) is 5.11. The molecule has 1 saturated carbocycles. The van der Waals surface area contributed by atoms with E-state index in [2.05, 4.69) is 20.6 Å². The van der Waals surface area contributed by atoms with E-state index in [1.807, 2.05) is 48.2 Å². The number of amides is 2. The topological polar surface area (TPSA) is 109 Å². The Bertz CT molecular complexity index is 1560. The van der Waals surface area contributed by atoms with Gasteiger partial charge in [-0.2, -0.15) is 0 Å². The van der Waals surface area contributed by atoms with Gasteiger partial charge in [-0.25, -0.2) is 18.7 Å². The number of ether oxygens (including phenoxy) is 2. The Kier molecular flexibility index (Phi) is 8.10. The van der Waals surface area contributed by atoms with Crippen LogP contribution in [0.15, 0.2) is 42.7 Å². The number of fused-ring (bicyclic) bond motifs is 2. The maximum Gasteiger partial charge on any atom is 0.255 e. The van der Waals surface area contributed by atoms with Crippen molar-refractivity contribution in [3.05, 3.63) is 65.0 Å². The number of carbonyl (C=O) groups excluding carboxylic acids is 2. The molecule has 3 aromatic rings. The van der Waals surface area contributed by atoms with Crippen LogP contribution in [0.1, 0.15) is 52.7 Å². The molecular formula is C32H36F2N6O4.